The Kier molecular flexibility index (Phi) is 1.95. The SMILES string of the molecule is COC1=CC2C(C)CCC2C=C1. The second-order valence-electron chi connectivity index (χ2n) is 3.93. The maximum atomic E-state index is 5.22. The molecule has 2 aliphatic carbocycles. The molecular formula is C11H16O. The number of hydrogen-bond donors (Lipinski definition) is 0. The summed E-state index contributed by atoms with van der Waals surface area (Å²) in [5.41, 5.74) is 0. The molecule has 0 N–H and O–H groups in total. The normalized spacial score (nSPS) is 39.2. The van der Waals surface area contributed by atoms with E-state index in [-0.39, 0.29) is 0 Å². The summed E-state index contributed by atoms with van der Waals surface area (Å²) in [5, 5.41) is 0. The topological polar surface area (TPSA) is 9.23 Å². The summed E-state index contributed by atoms with van der Waals surface area (Å²) in [4.78, 5) is 0. The molecule has 1 nitrogen and oxygen atoms in total. The van der Waals surface area contributed by atoms with Crippen molar-refractivity contribution in [3.8, 4) is 0 Å². The molecule has 0 aliphatic heterocycles. The van der Waals surface area contributed by atoms with Crippen molar-refractivity contribution in [1.29, 1.82) is 0 Å². The van der Waals surface area contributed by atoms with Gasteiger partial charge in [-0.15, -0.1) is 0 Å². The zero-order chi connectivity index (χ0) is 8.55. The summed E-state index contributed by atoms with van der Waals surface area (Å²) in [6.45, 7) is 2.34. The molecule has 1 heteroatoms. The highest BCUT2D eigenvalue weighted by molar-refractivity contribution is 5.22. The van der Waals surface area contributed by atoms with Crippen LogP contribution in [0.25, 0.3) is 0 Å². The number of fused-ring (bicyclic) bond motifs is 1. The largest absolute Gasteiger partial charge is 0.497 e. The molecule has 3 atom stereocenters. The van der Waals surface area contributed by atoms with E-state index in [0.717, 1.165) is 23.5 Å². The lowest BCUT2D eigenvalue weighted by molar-refractivity contribution is 0.291. The average molecular weight is 164 g/mol. The summed E-state index contributed by atoms with van der Waals surface area (Å²) in [6, 6.07) is 0. The molecule has 2 rings (SSSR count). The minimum Gasteiger partial charge on any atom is -0.497 e. The minimum atomic E-state index is 0.741. The van der Waals surface area contributed by atoms with E-state index >= 15 is 0 Å². The number of methoxy groups -OCH3 is 1. The number of ether oxygens (including phenoxy) is 1. The van der Waals surface area contributed by atoms with Crippen LogP contribution in [0.1, 0.15) is 19.8 Å². The van der Waals surface area contributed by atoms with Crippen LogP contribution in [0, 0.1) is 17.8 Å². The van der Waals surface area contributed by atoms with E-state index in [0.29, 0.717) is 0 Å². The van der Waals surface area contributed by atoms with Gasteiger partial charge in [0.05, 0.1) is 7.11 Å². The van der Waals surface area contributed by atoms with Crippen molar-refractivity contribution in [3.05, 3.63) is 24.0 Å². The van der Waals surface area contributed by atoms with E-state index in [2.05, 4.69) is 25.2 Å². The lowest BCUT2D eigenvalue weighted by Crippen LogP contribution is -2.12. The number of allylic oxidation sites excluding steroid dienone is 3. The average Bonchev–Trinajstić information content (AvgIpc) is 2.47. The van der Waals surface area contributed by atoms with Gasteiger partial charge in [-0.1, -0.05) is 13.0 Å². The van der Waals surface area contributed by atoms with Crippen molar-refractivity contribution in [2.45, 2.75) is 19.8 Å². The summed E-state index contributed by atoms with van der Waals surface area (Å²) < 4.78 is 5.22. The molecule has 1 saturated carbocycles. The molecule has 0 amide bonds. The van der Waals surface area contributed by atoms with Gasteiger partial charge in [0, 0.05) is 0 Å². The third-order valence-corrected chi connectivity index (χ3v) is 3.21. The third kappa shape index (κ3) is 1.17. The maximum Gasteiger partial charge on any atom is 0.114 e. The van der Waals surface area contributed by atoms with Crippen LogP contribution in [0.4, 0.5) is 0 Å². The van der Waals surface area contributed by atoms with E-state index < -0.39 is 0 Å². The van der Waals surface area contributed by atoms with Gasteiger partial charge in [-0.3, -0.25) is 0 Å². The monoisotopic (exact) mass is 164 g/mol. The first kappa shape index (κ1) is 7.90. The van der Waals surface area contributed by atoms with Crippen LogP contribution in [0.3, 0.4) is 0 Å². The predicted molar refractivity (Wildman–Crippen MR) is 49.6 cm³/mol. The van der Waals surface area contributed by atoms with Crippen molar-refractivity contribution >= 4 is 0 Å². The molecule has 12 heavy (non-hydrogen) atoms. The molecule has 0 aromatic carbocycles. The molecule has 0 spiro atoms. The third-order valence-electron chi connectivity index (χ3n) is 3.21. The summed E-state index contributed by atoms with van der Waals surface area (Å²) >= 11 is 0. The van der Waals surface area contributed by atoms with Crippen molar-refractivity contribution in [2.75, 3.05) is 7.11 Å². The molecule has 0 aromatic rings. The standard InChI is InChI=1S/C11H16O/c1-8-3-4-9-5-6-10(12-2)7-11(8)9/h5-9,11H,3-4H2,1-2H3. The molecule has 0 aromatic heterocycles. The fourth-order valence-corrected chi connectivity index (χ4v) is 2.37. The van der Waals surface area contributed by atoms with Crippen molar-refractivity contribution in [2.24, 2.45) is 17.8 Å². The highest BCUT2D eigenvalue weighted by Gasteiger charge is 2.32. The Balaban J connectivity index is 2.18. The highest BCUT2D eigenvalue weighted by Crippen LogP contribution is 2.41. The first-order chi connectivity index (χ1) is 5.81. The van der Waals surface area contributed by atoms with Crippen LogP contribution < -0.4 is 0 Å². The zero-order valence-corrected chi connectivity index (χ0v) is 7.79. The zero-order valence-electron chi connectivity index (χ0n) is 7.79. The van der Waals surface area contributed by atoms with Gasteiger partial charge in [0.15, 0.2) is 0 Å². The molecule has 2 aliphatic rings. The quantitative estimate of drug-likeness (QED) is 0.579. The molecule has 1 fully saturated rings. The van der Waals surface area contributed by atoms with Crippen LogP contribution in [0.5, 0.6) is 0 Å². The Hall–Kier alpha value is -0.720. The van der Waals surface area contributed by atoms with Gasteiger partial charge in [-0.05, 0) is 42.7 Å². The summed E-state index contributed by atoms with van der Waals surface area (Å²) in [7, 11) is 1.75. The second-order valence-corrected chi connectivity index (χ2v) is 3.93. The minimum absolute atomic E-state index is 0.741. The van der Waals surface area contributed by atoms with Gasteiger partial charge in [0.1, 0.15) is 5.76 Å². The van der Waals surface area contributed by atoms with Crippen LogP contribution in [-0.2, 0) is 4.74 Å². The van der Waals surface area contributed by atoms with E-state index in [9.17, 15) is 0 Å². The highest BCUT2D eigenvalue weighted by atomic mass is 16.5. The summed E-state index contributed by atoms with van der Waals surface area (Å²) in [6.07, 6.45) is 9.44. The van der Waals surface area contributed by atoms with E-state index in [1.54, 1.807) is 7.11 Å². The molecule has 66 valence electrons. The Morgan fingerprint density at radius 1 is 1.42 bits per heavy atom. The number of rotatable bonds is 1. The van der Waals surface area contributed by atoms with E-state index in [4.69, 9.17) is 4.74 Å². The van der Waals surface area contributed by atoms with Gasteiger partial charge in [-0.2, -0.15) is 0 Å². The molecule has 0 heterocycles. The van der Waals surface area contributed by atoms with Crippen LogP contribution >= 0.6 is 0 Å². The smallest absolute Gasteiger partial charge is 0.114 e. The van der Waals surface area contributed by atoms with Gasteiger partial charge in [0.2, 0.25) is 0 Å². The Morgan fingerprint density at radius 3 is 3.00 bits per heavy atom. The predicted octanol–water partition coefficient (Wildman–Crippen LogP) is 2.75. The molecular weight excluding hydrogens is 148 g/mol. The van der Waals surface area contributed by atoms with Gasteiger partial charge in [-0.25, -0.2) is 0 Å². The van der Waals surface area contributed by atoms with Gasteiger partial charge >= 0.3 is 0 Å². The molecule has 0 radical (unpaired) electrons. The fraction of sp³-hybridized carbons (Fsp3) is 0.636. The lowest BCUT2D eigenvalue weighted by Gasteiger charge is -2.21. The lowest BCUT2D eigenvalue weighted by atomic mass is 9.87. The Morgan fingerprint density at radius 2 is 2.25 bits per heavy atom. The van der Waals surface area contributed by atoms with E-state index in [1.807, 2.05) is 0 Å². The maximum absolute atomic E-state index is 5.22. The van der Waals surface area contributed by atoms with Crippen molar-refractivity contribution in [3.63, 3.8) is 0 Å². The first-order valence-corrected chi connectivity index (χ1v) is 4.75. The van der Waals surface area contributed by atoms with Crippen LogP contribution in [-0.4, -0.2) is 7.11 Å². The molecule has 3 unspecified atom stereocenters. The first-order valence-electron chi connectivity index (χ1n) is 4.75. The fourth-order valence-electron chi connectivity index (χ4n) is 2.37. The number of hydrogen-bond acceptors (Lipinski definition) is 1. The van der Waals surface area contributed by atoms with Gasteiger partial charge in [0.25, 0.3) is 0 Å². The van der Waals surface area contributed by atoms with Crippen molar-refractivity contribution < 1.29 is 4.74 Å². The Labute approximate surface area is 74.1 Å². The van der Waals surface area contributed by atoms with E-state index in [1.165, 1.54) is 12.8 Å². The summed E-state index contributed by atoms with van der Waals surface area (Å²) in [5.74, 6) is 3.42. The van der Waals surface area contributed by atoms with Crippen LogP contribution in [0.2, 0.25) is 0 Å². The van der Waals surface area contributed by atoms with Crippen molar-refractivity contribution in [1.82, 2.24) is 0 Å². The Bertz CT molecular complexity index is 227. The second kappa shape index (κ2) is 2.96. The molecule has 0 bridgehead atoms. The van der Waals surface area contributed by atoms with Crippen LogP contribution in [0.15, 0.2) is 24.0 Å². The molecule has 0 saturated heterocycles. The van der Waals surface area contributed by atoms with Gasteiger partial charge < -0.3 is 4.74 Å².